The summed E-state index contributed by atoms with van der Waals surface area (Å²) < 4.78 is 0. The quantitative estimate of drug-likeness (QED) is 0.859. The Bertz CT molecular complexity index is 517. The second kappa shape index (κ2) is 5.83. The summed E-state index contributed by atoms with van der Waals surface area (Å²) in [6, 6.07) is 17.3. The Hall–Kier alpha value is -1.60. The van der Waals surface area contributed by atoms with Crippen LogP contribution in [0.3, 0.4) is 0 Å². The van der Waals surface area contributed by atoms with Gasteiger partial charge in [0.2, 0.25) is 0 Å². The summed E-state index contributed by atoms with van der Waals surface area (Å²) >= 11 is 0. The Morgan fingerprint density at radius 2 is 1.61 bits per heavy atom. The Morgan fingerprint density at radius 1 is 0.944 bits per heavy atom. The van der Waals surface area contributed by atoms with Crippen LogP contribution in [0.4, 0.5) is 0 Å². The van der Waals surface area contributed by atoms with Gasteiger partial charge in [-0.25, -0.2) is 0 Å². The van der Waals surface area contributed by atoms with E-state index in [2.05, 4.69) is 62.4 Å². The molecular weight excluding hydrogens is 218 g/mol. The predicted octanol–water partition coefficient (Wildman–Crippen LogP) is 3.94. The van der Waals surface area contributed by atoms with Gasteiger partial charge in [0.1, 0.15) is 0 Å². The van der Waals surface area contributed by atoms with Crippen molar-refractivity contribution in [3.63, 3.8) is 0 Å². The molecule has 0 aliphatic carbocycles. The van der Waals surface area contributed by atoms with Crippen molar-refractivity contribution < 1.29 is 0 Å². The molecule has 0 aliphatic rings. The Labute approximate surface area is 110 Å². The average Bonchev–Trinajstić information content (AvgIpc) is 2.36. The standard InChI is InChI=1S/C17H21N/c1-13-5-3-7-15(11-13)9-10-17(18)16-8-4-6-14(2)12-16/h3-8,11-12,17H,9-10,18H2,1-2H3. The van der Waals surface area contributed by atoms with Crippen molar-refractivity contribution in [2.24, 2.45) is 5.73 Å². The van der Waals surface area contributed by atoms with Gasteiger partial charge >= 0.3 is 0 Å². The summed E-state index contributed by atoms with van der Waals surface area (Å²) in [7, 11) is 0. The van der Waals surface area contributed by atoms with Crippen molar-refractivity contribution in [3.05, 3.63) is 70.8 Å². The maximum absolute atomic E-state index is 6.25. The van der Waals surface area contributed by atoms with E-state index in [1.165, 1.54) is 22.3 Å². The van der Waals surface area contributed by atoms with E-state index < -0.39 is 0 Å². The SMILES string of the molecule is Cc1cccc(CCC(N)c2cccc(C)c2)c1. The molecule has 0 radical (unpaired) electrons. The monoisotopic (exact) mass is 239 g/mol. The van der Waals surface area contributed by atoms with E-state index in [1.54, 1.807) is 0 Å². The van der Waals surface area contributed by atoms with Gasteiger partial charge in [0.15, 0.2) is 0 Å². The first kappa shape index (κ1) is 12.8. The van der Waals surface area contributed by atoms with E-state index in [0.717, 1.165) is 12.8 Å². The Balaban J connectivity index is 1.98. The first-order chi connectivity index (χ1) is 8.65. The fourth-order valence-electron chi connectivity index (χ4n) is 2.26. The maximum atomic E-state index is 6.25. The van der Waals surface area contributed by atoms with Gasteiger partial charge in [-0.2, -0.15) is 0 Å². The molecule has 1 nitrogen and oxygen atoms in total. The molecule has 0 saturated heterocycles. The third-order valence-electron chi connectivity index (χ3n) is 3.30. The molecule has 94 valence electrons. The van der Waals surface area contributed by atoms with Gasteiger partial charge in [-0.15, -0.1) is 0 Å². The van der Waals surface area contributed by atoms with Gasteiger partial charge in [0, 0.05) is 6.04 Å². The van der Waals surface area contributed by atoms with Crippen LogP contribution < -0.4 is 5.73 Å². The second-order valence-corrected chi connectivity index (χ2v) is 5.05. The molecule has 2 aromatic rings. The maximum Gasteiger partial charge on any atom is 0.0298 e. The first-order valence-corrected chi connectivity index (χ1v) is 6.53. The van der Waals surface area contributed by atoms with Crippen LogP contribution in [0.1, 0.15) is 34.7 Å². The van der Waals surface area contributed by atoms with Crippen LogP contribution in [0.25, 0.3) is 0 Å². The highest BCUT2D eigenvalue weighted by Gasteiger charge is 2.06. The fourth-order valence-corrected chi connectivity index (χ4v) is 2.26. The van der Waals surface area contributed by atoms with Gasteiger partial charge in [0.05, 0.1) is 0 Å². The zero-order chi connectivity index (χ0) is 13.0. The highest BCUT2D eigenvalue weighted by atomic mass is 14.6. The molecular formula is C17H21N. The van der Waals surface area contributed by atoms with Crippen molar-refractivity contribution in [2.45, 2.75) is 32.7 Å². The van der Waals surface area contributed by atoms with Crippen molar-refractivity contribution in [2.75, 3.05) is 0 Å². The zero-order valence-electron chi connectivity index (χ0n) is 11.2. The third kappa shape index (κ3) is 3.44. The molecule has 0 saturated carbocycles. The lowest BCUT2D eigenvalue weighted by Crippen LogP contribution is -2.11. The second-order valence-electron chi connectivity index (χ2n) is 5.05. The molecule has 18 heavy (non-hydrogen) atoms. The number of rotatable bonds is 4. The molecule has 1 atom stereocenters. The van der Waals surface area contributed by atoms with Crippen molar-refractivity contribution in [1.82, 2.24) is 0 Å². The van der Waals surface area contributed by atoms with Crippen LogP contribution in [0, 0.1) is 13.8 Å². The fraction of sp³-hybridized carbons (Fsp3) is 0.294. The highest BCUT2D eigenvalue weighted by Crippen LogP contribution is 2.18. The summed E-state index contributed by atoms with van der Waals surface area (Å²) in [6.45, 7) is 4.24. The van der Waals surface area contributed by atoms with Crippen LogP contribution in [-0.2, 0) is 6.42 Å². The lowest BCUT2D eigenvalue weighted by molar-refractivity contribution is 0.651. The highest BCUT2D eigenvalue weighted by molar-refractivity contribution is 5.26. The van der Waals surface area contributed by atoms with Crippen LogP contribution in [0.2, 0.25) is 0 Å². The smallest absolute Gasteiger partial charge is 0.0298 e. The zero-order valence-corrected chi connectivity index (χ0v) is 11.2. The molecule has 0 heterocycles. The molecule has 2 N–H and O–H groups in total. The summed E-state index contributed by atoms with van der Waals surface area (Å²) in [4.78, 5) is 0. The van der Waals surface area contributed by atoms with Crippen LogP contribution >= 0.6 is 0 Å². The lowest BCUT2D eigenvalue weighted by atomic mass is 9.98. The predicted molar refractivity (Wildman–Crippen MR) is 77.6 cm³/mol. The molecule has 2 rings (SSSR count). The van der Waals surface area contributed by atoms with E-state index in [9.17, 15) is 0 Å². The molecule has 0 aliphatic heterocycles. The van der Waals surface area contributed by atoms with Crippen LogP contribution in [0.15, 0.2) is 48.5 Å². The average molecular weight is 239 g/mol. The van der Waals surface area contributed by atoms with E-state index in [-0.39, 0.29) is 6.04 Å². The Kier molecular flexibility index (Phi) is 4.16. The van der Waals surface area contributed by atoms with Gasteiger partial charge in [0.25, 0.3) is 0 Å². The summed E-state index contributed by atoms with van der Waals surface area (Å²) in [5.41, 5.74) is 11.5. The minimum absolute atomic E-state index is 0.130. The van der Waals surface area contributed by atoms with Gasteiger partial charge in [-0.3, -0.25) is 0 Å². The van der Waals surface area contributed by atoms with Gasteiger partial charge in [-0.1, -0.05) is 59.7 Å². The van der Waals surface area contributed by atoms with E-state index >= 15 is 0 Å². The van der Waals surface area contributed by atoms with Gasteiger partial charge in [-0.05, 0) is 37.8 Å². The van der Waals surface area contributed by atoms with Crippen molar-refractivity contribution in [1.29, 1.82) is 0 Å². The first-order valence-electron chi connectivity index (χ1n) is 6.53. The molecule has 0 aromatic heterocycles. The molecule has 1 heteroatoms. The lowest BCUT2D eigenvalue weighted by Gasteiger charge is -2.13. The van der Waals surface area contributed by atoms with Crippen LogP contribution in [0.5, 0.6) is 0 Å². The molecule has 0 fully saturated rings. The summed E-state index contributed by atoms with van der Waals surface area (Å²) in [5.74, 6) is 0. The summed E-state index contributed by atoms with van der Waals surface area (Å²) in [5, 5.41) is 0. The van der Waals surface area contributed by atoms with Crippen molar-refractivity contribution in [3.8, 4) is 0 Å². The molecule has 2 aromatic carbocycles. The van der Waals surface area contributed by atoms with Gasteiger partial charge < -0.3 is 5.73 Å². The topological polar surface area (TPSA) is 26.0 Å². The minimum atomic E-state index is 0.130. The largest absolute Gasteiger partial charge is 0.324 e. The Morgan fingerprint density at radius 3 is 2.28 bits per heavy atom. The number of aryl methyl sites for hydroxylation is 3. The summed E-state index contributed by atoms with van der Waals surface area (Å²) in [6.07, 6.45) is 2.03. The minimum Gasteiger partial charge on any atom is -0.324 e. The van der Waals surface area contributed by atoms with Crippen molar-refractivity contribution >= 4 is 0 Å². The van der Waals surface area contributed by atoms with Crippen LogP contribution in [-0.4, -0.2) is 0 Å². The molecule has 0 amide bonds. The number of hydrogen-bond acceptors (Lipinski definition) is 1. The number of nitrogens with two attached hydrogens (primary N) is 1. The van der Waals surface area contributed by atoms with E-state index in [0.29, 0.717) is 0 Å². The molecule has 0 bridgehead atoms. The van der Waals surface area contributed by atoms with E-state index in [4.69, 9.17) is 5.73 Å². The number of benzene rings is 2. The van der Waals surface area contributed by atoms with E-state index in [1.807, 2.05) is 0 Å². The normalized spacial score (nSPS) is 12.4. The molecule has 1 unspecified atom stereocenters. The third-order valence-corrected chi connectivity index (χ3v) is 3.30. The molecule has 0 spiro atoms. The number of hydrogen-bond donors (Lipinski definition) is 1.